The Bertz CT molecular complexity index is 413. The van der Waals surface area contributed by atoms with E-state index in [0.717, 1.165) is 23.0 Å². The van der Waals surface area contributed by atoms with Gasteiger partial charge in [0.15, 0.2) is 0 Å². The van der Waals surface area contributed by atoms with Crippen molar-refractivity contribution >= 4 is 15.9 Å². The van der Waals surface area contributed by atoms with Gasteiger partial charge in [0.05, 0.1) is 0 Å². The van der Waals surface area contributed by atoms with E-state index in [1.165, 1.54) is 44.6 Å². The molecule has 1 N–H and O–H groups in total. The Balaban J connectivity index is 2.22. The number of hydrogen-bond donors (Lipinski definition) is 1. The highest BCUT2D eigenvalue weighted by molar-refractivity contribution is 9.10. The molecule has 0 saturated heterocycles. The van der Waals surface area contributed by atoms with E-state index >= 15 is 0 Å². The minimum absolute atomic E-state index is 0.139. The third kappa shape index (κ3) is 4.29. The van der Waals surface area contributed by atoms with Crippen molar-refractivity contribution in [2.75, 3.05) is 6.54 Å². The lowest BCUT2D eigenvalue weighted by molar-refractivity contribution is 0.324. The number of nitrogens with one attached hydrogen (secondary N) is 1. The van der Waals surface area contributed by atoms with E-state index in [1.807, 2.05) is 6.07 Å². The van der Waals surface area contributed by atoms with Crippen molar-refractivity contribution in [1.82, 2.24) is 5.32 Å². The van der Waals surface area contributed by atoms with Crippen LogP contribution in [-0.2, 0) is 0 Å². The Labute approximate surface area is 130 Å². The molecule has 1 fully saturated rings. The Morgan fingerprint density at radius 1 is 1.25 bits per heavy atom. The molecule has 1 aliphatic rings. The lowest BCUT2D eigenvalue weighted by atomic mass is 9.87. The summed E-state index contributed by atoms with van der Waals surface area (Å²) in [5, 5.41) is 3.65. The second-order valence-electron chi connectivity index (χ2n) is 5.85. The molecule has 1 aromatic rings. The standard InChI is InChI=1S/C17H25BrFN/c1-2-11-20-17(13-7-5-3-4-6-8-13)15-12-14(19)9-10-16(15)18/h9-10,12-13,17,20H,2-8,11H2,1H3. The van der Waals surface area contributed by atoms with Gasteiger partial charge in [-0.3, -0.25) is 0 Å². The van der Waals surface area contributed by atoms with Crippen LogP contribution in [0.15, 0.2) is 22.7 Å². The molecule has 0 aromatic heterocycles. The maximum atomic E-state index is 13.6. The lowest BCUT2D eigenvalue weighted by Crippen LogP contribution is -2.29. The SMILES string of the molecule is CCCNC(c1cc(F)ccc1Br)C1CCCCCC1. The average molecular weight is 342 g/mol. The Kier molecular flexibility index (Phi) is 6.50. The second kappa shape index (κ2) is 8.14. The van der Waals surface area contributed by atoms with E-state index in [1.54, 1.807) is 6.07 Å². The van der Waals surface area contributed by atoms with E-state index < -0.39 is 0 Å². The van der Waals surface area contributed by atoms with Crippen molar-refractivity contribution in [3.63, 3.8) is 0 Å². The van der Waals surface area contributed by atoms with Gasteiger partial charge in [-0.25, -0.2) is 4.39 Å². The molecule has 1 aromatic carbocycles. The third-order valence-electron chi connectivity index (χ3n) is 4.28. The first-order valence-electron chi connectivity index (χ1n) is 7.90. The molecule has 3 heteroatoms. The van der Waals surface area contributed by atoms with Crippen LogP contribution in [0.3, 0.4) is 0 Å². The minimum Gasteiger partial charge on any atom is -0.310 e. The van der Waals surface area contributed by atoms with Crippen molar-refractivity contribution in [3.05, 3.63) is 34.1 Å². The zero-order valence-electron chi connectivity index (χ0n) is 12.3. The molecule has 0 spiro atoms. The first-order valence-corrected chi connectivity index (χ1v) is 8.70. The summed E-state index contributed by atoms with van der Waals surface area (Å²) >= 11 is 3.60. The Hall–Kier alpha value is -0.410. The lowest BCUT2D eigenvalue weighted by Gasteiger charge is -2.28. The fourth-order valence-corrected chi connectivity index (χ4v) is 3.72. The van der Waals surface area contributed by atoms with Crippen LogP contribution in [0.5, 0.6) is 0 Å². The molecule has 1 aliphatic carbocycles. The fraction of sp³-hybridized carbons (Fsp3) is 0.647. The predicted molar refractivity (Wildman–Crippen MR) is 86.3 cm³/mol. The van der Waals surface area contributed by atoms with E-state index in [-0.39, 0.29) is 11.9 Å². The third-order valence-corrected chi connectivity index (χ3v) is 5.00. The molecule has 0 heterocycles. The summed E-state index contributed by atoms with van der Waals surface area (Å²) in [6, 6.07) is 5.33. The van der Waals surface area contributed by atoms with Gasteiger partial charge in [-0.2, -0.15) is 0 Å². The minimum atomic E-state index is -0.139. The van der Waals surface area contributed by atoms with Gasteiger partial charge < -0.3 is 5.32 Å². The van der Waals surface area contributed by atoms with Gasteiger partial charge in [0.1, 0.15) is 5.82 Å². The zero-order chi connectivity index (χ0) is 14.4. The van der Waals surface area contributed by atoms with Gasteiger partial charge in [-0.1, -0.05) is 48.5 Å². The largest absolute Gasteiger partial charge is 0.310 e. The van der Waals surface area contributed by atoms with Crippen molar-refractivity contribution in [3.8, 4) is 0 Å². The summed E-state index contributed by atoms with van der Waals surface area (Å²) in [4.78, 5) is 0. The zero-order valence-corrected chi connectivity index (χ0v) is 13.9. The molecule has 0 bridgehead atoms. The highest BCUT2D eigenvalue weighted by Gasteiger charge is 2.25. The average Bonchev–Trinajstić information content (AvgIpc) is 2.72. The summed E-state index contributed by atoms with van der Waals surface area (Å²) in [6.07, 6.45) is 8.93. The molecule has 112 valence electrons. The van der Waals surface area contributed by atoms with Gasteiger partial charge >= 0.3 is 0 Å². The van der Waals surface area contributed by atoms with Crippen LogP contribution in [0.2, 0.25) is 0 Å². The van der Waals surface area contributed by atoms with Crippen molar-refractivity contribution < 1.29 is 4.39 Å². The maximum Gasteiger partial charge on any atom is 0.123 e. The molecule has 2 rings (SSSR count). The van der Waals surface area contributed by atoms with Crippen LogP contribution < -0.4 is 5.32 Å². The normalized spacial score (nSPS) is 18.8. The Morgan fingerprint density at radius 3 is 2.60 bits per heavy atom. The summed E-state index contributed by atoms with van der Waals surface area (Å²) in [6.45, 7) is 3.17. The van der Waals surface area contributed by atoms with Crippen LogP contribution in [0, 0.1) is 11.7 Å². The summed E-state index contributed by atoms with van der Waals surface area (Å²) < 4.78 is 14.7. The van der Waals surface area contributed by atoms with Gasteiger partial charge in [0.25, 0.3) is 0 Å². The van der Waals surface area contributed by atoms with Gasteiger partial charge in [0, 0.05) is 10.5 Å². The highest BCUT2D eigenvalue weighted by atomic mass is 79.9. The Morgan fingerprint density at radius 2 is 1.95 bits per heavy atom. The number of halogens is 2. The van der Waals surface area contributed by atoms with Crippen molar-refractivity contribution in [2.24, 2.45) is 5.92 Å². The summed E-state index contributed by atoms with van der Waals surface area (Å²) in [5.74, 6) is 0.488. The molecular weight excluding hydrogens is 317 g/mol. The summed E-state index contributed by atoms with van der Waals surface area (Å²) in [7, 11) is 0. The maximum absolute atomic E-state index is 13.6. The van der Waals surface area contributed by atoms with Crippen LogP contribution in [-0.4, -0.2) is 6.54 Å². The molecule has 20 heavy (non-hydrogen) atoms. The number of benzene rings is 1. The molecule has 0 radical (unpaired) electrons. The van der Waals surface area contributed by atoms with Crippen LogP contribution >= 0.6 is 15.9 Å². The molecule has 1 unspecified atom stereocenters. The summed E-state index contributed by atoms with van der Waals surface area (Å²) in [5.41, 5.74) is 1.09. The molecule has 0 aliphatic heterocycles. The fourth-order valence-electron chi connectivity index (χ4n) is 3.23. The van der Waals surface area contributed by atoms with E-state index in [4.69, 9.17) is 0 Å². The van der Waals surface area contributed by atoms with E-state index in [0.29, 0.717) is 5.92 Å². The first-order chi connectivity index (χ1) is 9.72. The van der Waals surface area contributed by atoms with Gasteiger partial charge in [-0.05, 0) is 55.5 Å². The first kappa shape index (κ1) is 16.0. The van der Waals surface area contributed by atoms with Crippen molar-refractivity contribution in [2.45, 2.75) is 57.9 Å². The molecule has 0 amide bonds. The van der Waals surface area contributed by atoms with Gasteiger partial charge in [0.2, 0.25) is 0 Å². The second-order valence-corrected chi connectivity index (χ2v) is 6.70. The topological polar surface area (TPSA) is 12.0 Å². The molecule has 1 saturated carbocycles. The number of hydrogen-bond acceptors (Lipinski definition) is 1. The number of rotatable bonds is 5. The highest BCUT2D eigenvalue weighted by Crippen LogP contribution is 2.36. The molecule has 1 atom stereocenters. The monoisotopic (exact) mass is 341 g/mol. The van der Waals surface area contributed by atoms with E-state index in [2.05, 4.69) is 28.2 Å². The van der Waals surface area contributed by atoms with Crippen LogP contribution in [0.1, 0.15) is 63.5 Å². The smallest absolute Gasteiger partial charge is 0.123 e. The van der Waals surface area contributed by atoms with E-state index in [9.17, 15) is 4.39 Å². The molecule has 1 nitrogen and oxygen atoms in total. The van der Waals surface area contributed by atoms with Crippen molar-refractivity contribution in [1.29, 1.82) is 0 Å². The van der Waals surface area contributed by atoms with Crippen LogP contribution in [0.4, 0.5) is 4.39 Å². The quantitative estimate of drug-likeness (QED) is 0.687. The van der Waals surface area contributed by atoms with Gasteiger partial charge in [-0.15, -0.1) is 0 Å². The predicted octanol–water partition coefficient (Wildman–Crippen LogP) is 5.60. The molecular formula is C17H25BrFN. The van der Waals surface area contributed by atoms with Crippen LogP contribution in [0.25, 0.3) is 0 Å².